The Morgan fingerprint density at radius 3 is 2.67 bits per heavy atom. The van der Waals surface area contributed by atoms with Crippen LogP contribution in [0.5, 0.6) is 0 Å². The molecule has 0 saturated carbocycles. The first-order valence-corrected chi connectivity index (χ1v) is 7.98. The fourth-order valence-corrected chi connectivity index (χ4v) is 3.20. The van der Waals surface area contributed by atoms with Gasteiger partial charge in [-0.1, -0.05) is 23.7 Å². The number of nitrogens with one attached hydrogen (secondary N) is 1. The molecule has 3 rings (SSSR count). The van der Waals surface area contributed by atoms with Gasteiger partial charge in [0.1, 0.15) is 0 Å². The molecule has 2 aromatic heterocycles. The van der Waals surface area contributed by atoms with Gasteiger partial charge in [-0.05, 0) is 36.8 Å². The van der Waals surface area contributed by atoms with Gasteiger partial charge in [0.05, 0.1) is 10.7 Å². The maximum Gasteiger partial charge on any atom is 0.0991 e. The molecule has 0 fully saturated rings. The summed E-state index contributed by atoms with van der Waals surface area (Å²) in [4.78, 5) is 5.31. The van der Waals surface area contributed by atoms with E-state index in [1.54, 1.807) is 23.9 Å². The molecule has 0 saturated heterocycles. The Labute approximate surface area is 133 Å². The fraction of sp³-hybridized carbons (Fsp3) is 0.188. The highest BCUT2D eigenvalue weighted by Gasteiger charge is 2.06. The fourth-order valence-electron chi connectivity index (χ4n) is 2.17. The largest absolute Gasteiger partial charge is 0.306 e. The van der Waals surface area contributed by atoms with E-state index in [9.17, 15) is 0 Å². The Bertz CT molecular complexity index is 689. The molecule has 1 unspecified atom stereocenters. The van der Waals surface area contributed by atoms with Gasteiger partial charge in [-0.2, -0.15) is 0 Å². The summed E-state index contributed by atoms with van der Waals surface area (Å²) < 4.78 is 2.83. The number of halogens is 1. The minimum Gasteiger partial charge on any atom is -0.306 e. The van der Waals surface area contributed by atoms with Crippen molar-refractivity contribution >= 4 is 22.9 Å². The lowest BCUT2D eigenvalue weighted by Crippen LogP contribution is -2.17. The van der Waals surface area contributed by atoms with Crippen molar-refractivity contribution in [3.05, 3.63) is 69.9 Å². The zero-order chi connectivity index (χ0) is 14.7. The van der Waals surface area contributed by atoms with Crippen molar-refractivity contribution in [1.82, 2.24) is 14.9 Å². The van der Waals surface area contributed by atoms with E-state index in [2.05, 4.69) is 47.6 Å². The van der Waals surface area contributed by atoms with E-state index in [0.29, 0.717) is 6.04 Å². The highest BCUT2D eigenvalue weighted by atomic mass is 35.5. The summed E-state index contributed by atoms with van der Waals surface area (Å²) in [6.45, 7) is 3.00. The molecule has 0 aliphatic heterocycles. The SMILES string of the molecule is CC(NCc1ccc(Cl)s1)c1ccc(-n2ccnc2)cc1. The minimum absolute atomic E-state index is 0.294. The van der Waals surface area contributed by atoms with Gasteiger partial charge in [-0.25, -0.2) is 4.98 Å². The van der Waals surface area contributed by atoms with Gasteiger partial charge in [0, 0.05) is 35.5 Å². The summed E-state index contributed by atoms with van der Waals surface area (Å²) in [7, 11) is 0. The summed E-state index contributed by atoms with van der Waals surface area (Å²) >= 11 is 7.56. The van der Waals surface area contributed by atoms with Crippen LogP contribution in [0.3, 0.4) is 0 Å². The Hall–Kier alpha value is -1.62. The Kier molecular flexibility index (Phi) is 4.39. The van der Waals surface area contributed by atoms with Crippen molar-refractivity contribution in [3.8, 4) is 5.69 Å². The third-order valence-corrected chi connectivity index (χ3v) is 4.64. The maximum atomic E-state index is 5.94. The lowest BCUT2D eigenvalue weighted by molar-refractivity contribution is 0.579. The Morgan fingerprint density at radius 2 is 2.05 bits per heavy atom. The highest BCUT2D eigenvalue weighted by Crippen LogP contribution is 2.22. The predicted molar refractivity (Wildman–Crippen MR) is 88.1 cm³/mol. The molecule has 1 atom stereocenters. The molecule has 0 spiro atoms. The Balaban J connectivity index is 1.63. The van der Waals surface area contributed by atoms with Crippen molar-refractivity contribution in [3.63, 3.8) is 0 Å². The number of rotatable bonds is 5. The van der Waals surface area contributed by atoms with Crippen LogP contribution in [0.25, 0.3) is 5.69 Å². The first-order valence-electron chi connectivity index (χ1n) is 6.78. The average Bonchev–Trinajstić information content (AvgIpc) is 3.16. The van der Waals surface area contributed by atoms with Crippen molar-refractivity contribution < 1.29 is 0 Å². The van der Waals surface area contributed by atoms with Crippen LogP contribution in [0.1, 0.15) is 23.4 Å². The van der Waals surface area contributed by atoms with Crippen molar-refractivity contribution in [2.24, 2.45) is 0 Å². The number of aromatic nitrogens is 2. The number of hydrogen-bond acceptors (Lipinski definition) is 3. The van der Waals surface area contributed by atoms with Gasteiger partial charge in [0.25, 0.3) is 0 Å². The predicted octanol–water partition coefficient (Wildman–Crippen LogP) is 4.44. The number of imidazole rings is 1. The second-order valence-electron chi connectivity index (χ2n) is 4.87. The zero-order valence-electron chi connectivity index (χ0n) is 11.7. The van der Waals surface area contributed by atoms with Crippen LogP contribution >= 0.6 is 22.9 Å². The van der Waals surface area contributed by atoms with Crippen LogP contribution in [-0.2, 0) is 6.54 Å². The molecule has 1 aromatic carbocycles. The molecule has 0 amide bonds. The van der Waals surface area contributed by atoms with E-state index >= 15 is 0 Å². The standard InChI is InChI=1S/C16H16ClN3S/c1-12(19-10-15-6-7-16(17)21-15)13-2-4-14(5-3-13)20-9-8-18-11-20/h2-9,11-12,19H,10H2,1H3. The molecule has 3 nitrogen and oxygen atoms in total. The first kappa shape index (κ1) is 14.3. The van der Waals surface area contributed by atoms with Crippen LogP contribution in [-0.4, -0.2) is 9.55 Å². The van der Waals surface area contributed by atoms with Crippen LogP contribution in [0.2, 0.25) is 4.34 Å². The molecule has 2 heterocycles. The number of thiophene rings is 1. The van der Waals surface area contributed by atoms with Crippen LogP contribution in [0.15, 0.2) is 55.1 Å². The molecule has 1 N–H and O–H groups in total. The zero-order valence-corrected chi connectivity index (χ0v) is 13.2. The molecule has 5 heteroatoms. The first-order chi connectivity index (χ1) is 10.2. The second kappa shape index (κ2) is 6.43. The number of benzene rings is 1. The summed E-state index contributed by atoms with van der Waals surface area (Å²) in [5, 5.41) is 3.52. The van der Waals surface area contributed by atoms with Gasteiger partial charge in [0.2, 0.25) is 0 Å². The third-order valence-electron chi connectivity index (χ3n) is 3.41. The van der Waals surface area contributed by atoms with E-state index in [0.717, 1.165) is 16.6 Å². The lowest BCUT2D eigenvalue weighted by atomic mass is 10.1. The van der Waals surface area contributed by atoms with Crippen LogP contribution in [0.4, 0.5) is 0 Å². The molecule has 0 aliphatic rings. The van der Waals surface area contributed by atoms with E-state index in [1.165, 1.54) is 10.4 Å². The smallest absolute Gasteiger partial charge is 0.0991 e. The molecule has 0 radical (unpaired) electrons. The highest BCUT2D eigenvalue weighted by molar-refractivity contribution is 7.16. The molecular formula is C16H16ClN3S. The van der Waals surface area contributed by atoms with Gasteiger partial charge in [0.15, 0.2) is 0 Å². The van der Waals surface area contributed by atoms with E-state index in [1.807, 2.05) is 16.8 Å². The second-order valence-corrected chi connectivity index (χ2v) is 6.67. The quantitative estimate of drug-likeness (QED) is 0.754. The van der Waals surface area contributed by atoms with Crippen LogP contribution in [0, 0.1) is 0 Å². The molecule has 3 aromatic rings. The summed E-state index contributed by atoms with van der Waals surface area (Å²) in [5.41, 5.74) is 2.38. The summed E-state index contributed by atoms with van der Waals surface area (Å²) in [6.07, 6.45) is 5.53. The summed E-state index contributed by atoms with van der Waals surface area (Å²) in [6, 6.07) is 12.8. The average molecular weight is 318 g/mol. The monoisotopic (exact) mass is 317 g/mol. The van der Waals surface area contributed by atoms with E-state index in [-0.39, 0.29) is 0 Å². The van der Waals surface area contributed by atoms with Gasteiger partial charge >= 0.3 is 0 Å². The molecular weight excluding hydrogens is 302 g/mol. The molecule has 108 valence electrons. The van der Waals surface area contributed by atoms with Gasteiger partial charge in [-0.3, -0.25) is 0 Å². The Morgan fingerprint density at radius 1 is 1.24 bits per heavy atom. The van der Waals surface area contributed by atoms with Crippen molar-refractivity contribution in [2.45, 2.75) is 19.5 Å². The summed E-state index contributed by atoms with van der Waals surface area (Å²) in [5.74, 6) is 0. The third kappa shape index (κ3) is 3.53. The van der Waals surface area contributed by atoms with Gasteiger partial charge < -0.3 is 9.88 Å². The topological polar surface area (TPSA) is 29.9 Å². The molecule has 0 aliphatic carbocycles. The van der Waals surface area contributed by atoms with Crippen molar-refractivity contribution in [1.29, 1.82) is 0 Å². The van der Waals surface area contributed by atoms with E-state index in [4.69, 9.17) is 11.6 Å². The normalized spacial score (nSPS) is 12.5. The van der Waals surface area contributed by atoms with E-state index < -0.39 is 0 Å². The number of hydrogen-bond donors (Lipinski definition) is 1. The maximum absolute atomic E-state index is 5.94. The molecule has 21 heavy (non-hydrogen) atoms. The minimum atomic E-state index is 0.294. The van der Waals surface area contributed by atoms with Gasteiger partial charge in [-0.15, -0.1) is 11.3 Å². The number of nitrogens with zero attached hydrogens (tertiary/aromatic N) is 2. The lowest BCUT2D eigenvalue weighted by Gasteiger charge is -2.14. The van der Waals surface area contributed by atoms with Crippen molar-refractivity contribution in [2.75, 3.05) is 0 Å². The van der Waals surface area contributed by atoms with Crippen LogP contribution < -0.4 is 5.32 Å². The molecule has 0 bridgehead atoms.